The lowest BCUT2D eigenvalue weighted by Gasteiger charge is -2.30. The molecule has 0 radical (unpaired) electrons. The minimum absolute atomic E-state index is 0.00558. The van der Waals surface area contributed by atoms with Crippen molar-refractivity contribution >= 4 is 0 Å². The van der Waals surface area contributed by atoms with E-state index >= 15 is 0 Å². The van der Waals surface area contributed by atoms with Crippen molar-refractivity contribution in [3.05, 3.63) is 82.9 Å². The van der Waals surface area contributed by atoms with E-state index in [1.807, 2.05) is 37.3 Å². The second-order valence-corrected chi connectivity index (χ2v) is 9.42. The van der Waals surface area contributed by atoms with Crippen molar-refractivity contribution in [2.24, 2.45) is 5.73 Å². The maximum absolute atomic E-state index is 14.9. The maximum atomic E-state index is 14.9. The third kappa shape index (κ3) is 3.74. The van der Waals surface area contributed by atoms with Crippen molar-refractivity contribution in [1.29, 1.82) is 5.26 Å². The van der Waals surface area contributed by atoms with Gasteiger partial charge in [-0.05, 0) is 85.2 Å². The van der Waals surface area contributed by atoms with Crippen LogP contribution in [-0.4, -0.2) is 23.0 Å². The van der Waals surface area contributed by atoms with E-state index in [4.69, 9.17) is 11.0 Å². The number of aryl methyl sites for hydroxylation is 1. The average molecular weight is 444 g/mol. The molecule has 2 saturated heterocycles. The van der Waals surface area contributed by atoms with E-state index in [2.05, 4.69) is 11.8 Å². The Morgan fingerprint density at radius 2 is 1.76 bits per heavy atom. The van der Waals surface area contributed by atoms with Crippen LogP contribution in [0.15, 0.2) is 54.6 Å². The molecule has 0 spiro atoms. The third-order valence-corrected chi connectivity index (χ3v) is 7.43. The van der Waals surface area contributed by atoms with Gasteiger partial charge in [0.25, 0.3) is 0 Å². The Morgan fingerprint density at radius 1 is 0.970 bits per heavy atom. The summed E-state index contributed by atoms with van der Waals surface area (Å²) in [4.78, 5) is 2.52. The van der Waals surface area contributed by atoms with E-state index in [9.17, 15) is 8.78 Å². The second kappa shape index (κ2) is 8.37. The number of fused-ring (bicyclic) bond motifs is 2. The largest absolute Gasteiger partial charge is 0.326 e. The van der Waals surface area contributed by atoms with Crippen LogP contribution in [0.25, 0.3) is 22.3 Å². The highest BCUT2D eigenvalue weighted by molar-refractivity contribution is 5.84. The molecule has 33 heavy (non-hydrogen) atoms. The van der Waals surface area contributed by atoms with Crippen molar-refractivity contribution in [2.75, 3.05) is 0 Å². The van der Waals surface area contributed by atoms with Crippen molar-refractivity contribution < 1.29 is 8.78 Å². The fourth-order valence-corrected chi connectivity index (χ4v) is 5.76. The summed E-state index contributed by atoms with van der Waals surface area (Å²) < 4.78 is 29.5. The molecule has 0 saturated carbocycles. The van der Waals surface area contributed by atoms with Gasteiger partial charge in [0.2, 0.25) is 0 Å². The Kier molecular flexibility index (Phi) is 5.52. The number of rotatable bonds is 4. The summed E-state index contributed by atoms with van der Waals surface area (Å²) in [7, 11) is 0. The molecule has 2 heterocycles. The van der Waals surface area contributed by atoms with Gasteiger partial charge in [-0.2, -0.15) is 5.26 Å². The molecule has 5 heteroatoms. The molecule has 2 bridgehead atoms. The first-order valence-corrected chi connectivity index (χ1v) is 11.5. The van der Waals surface area contributed by atoms with Gasteiger partial charge in [-0.3, -0.25) is 4.90 Å². The first-order valence-electron chi connectivity index (χ1n) is 11.5. The van der Waals surface area contributed by atoms with Gasteiger partial charge in [0, 0.05) is 29.7 Å². The van der Waals surface area contributed by atoms with Gasteiger partial charge in [0.05, 0.1) is 5.56 Å². The lowest BCUT2D eigenvalue weighted by Crippen LogP contribution is -2.38. The molecule has 5 rings (SSSR count). The van der Waals surface area contributed by atoms with E-state index in [0.29, 0.717) is 28.8 Å². The van der Waals surface area contributed by atoms with Crippen LogP contribution in [0.1, 0.15) is 48.9 Å². The number of hydrogen-bond acceptors (Lipinski definition) is 3. The van der Waals surface area contributed by atoms with Crippen LogP contribution in [0, 0.1) is 29.9 Å². The van der Waals surface area contributed by atoms with Crippen molar-refractivity contribution in [2.45, 2.75) is 57.3 Å². The molecule has 1 unspecified atom stereocenters. The molecule has 0 aliphatic carbocycles. The molecule has 3 aromatic carbocycles. The number of hydrogen-bond donors (Lipinski definition) is 1. The van der Waals surface area contributed by atoms with Crippen LogP contribution < -0.4 is 5.73 Å². The highest BCUT2D eigenvalue weighted by Crippen LogP contribution is 2.44. The average Bonchev–Trinajstić information content (AvgIpc) is 3.35. The molecule has 2 aliphatic rings. The molecule has 2 aliphatic heterocycles. The number of nitrogens with two attached hydrogens (primary N) is 1. The highest BCUT2D eigenvalue weighted by Gasteiger charge is 2.46. The van der Waals surface area contributed by atoms with Gasteiger partial charge < -0.3 is 5.73 Å². The minimum Gasteiger partial charge on any atom is -0.326 e. The molecule has 0 aromatic heterocycles. The lowest BCUT2D eigenvalue weighted by molar-refractivity contribution is 0.186. The first-order chi connectivity index (χ1) is 15.9. The Labute approximate surface area is 193 Å². The van der Waals surface area contributed by atoms with Crippen molar-refractivity contribution in [3.63, 3.8) is 0 Å². The zero-order chi connectivity index (χ0) is 23.3. The van der Waals surface area contributed by atoms with Gasteiger partial charge in [0.15, 0.2) is 0 Å². The Balaban J connectivity index is 1.63. The van der Waals surface area contributed by atoms with Gasteiger partial charge >= 0.3 is 0 Å². The molecule has 3 nitrogen and oxygen atoms in total. The molecule has 2 fully saturated rings. The summed E-state index contributed by atoms with van der Waals surface area (Å²) in [6.45, 7) is 4.04. The Hall–Kier alpha value is -3.07. The predicted octanol–water partition coefficient (Wildman–Crippen LogP) is 6.10. The lowest BCUT2D eigenvalue weighted by atomic mass is 9.90. The molecule has 2 N–H and O–H groups in total. The number of halogens is 2. The van der Waals surface area contributed by atoms with E-state index < -0.39 is 5.82 Å². The van der Waals surface area contributed by atoms with Crippen molar-refractivity contribution in [3.8, 4) is 28.3 Å². The summed E-state index contributed by atoms with van der Waals surface area (Å²) >= 11 is 0. The smallest absolute Gasteiger partial charge is 0.141 e. The summed E-state index contributed by atoms with van der Waals surface area (Å²) in [6, 6.07) is 18.9. The maximum Gasteiger partial charge on any atom is 0.141 e. The first kappa shape index (κ1) is 21.8. The monoisotopic (exact) mass is 443 g/mol. The van der Waals surface area contributed by atoms with Crippen LogP contribution in [0.2, 0.25) is 0 Å². The molecular formula is C28H27F2N3. The predicted molar refractivity (Wildman–Crippen MR) is 126 cm³/mol. The van der Waals surface area contributed by atoms with E-state index in [-0.39, 0.29) is 23.5 Å². The molecular weight excluding hydrogens is 416 g/mol. The third-order valence-electron chi connectivity index (χ3n) is 7.43. The van der Waals surface area contributed by atoms with Gasteiger partial charge in [-0.25, -0.2) is 8.78 Å². The minimum atomic E-state index is -0.577. The summed E-state index contributed by atoms with van der Waals surface area (Å²) in [6.07, 6.45) is 3.31. The fourth-order valence-electron chi connectivity index (χ4n) is 5.76. The molecule has 168 valence electrons. The summed E-state index contributed by atoms with van der Waals surface area (Å²) in [5.74, 6) is -0.887. The number of nitrogens with zero attached hydrogens (tertiary/aromatic N) is 2. The van der Waals surface area contributed by atoms with E-state index in [0.717, 1.165) is 29.5 Å². The topological polar surface area (TPSA) is 53.0 Å². The van der Waals surface area contributed by atoms with Gasteiger partial charge in [0.1, 0.15) is 17.7 Å². The van der Waals surface area contributed by atoms with E-state index in [1.54, 1.807) is 12.1 Å². The number of nitriles is 1. The molecule has 0 amide bonds. The zero-order valence-corrected chi connectivity index (χ0v) is 18.9. The van der Waals surface area contributed by atoms with Crippen LogP contribution in [0.4, 0.5) is 8.78 Å². The zero-order valence-electron chi connectivity index (χ0n) is 18.9. The SMILES string of the molecule is Cc1ccc(-c2ccc(C(C)N3[C@@H]4CC[C@H]3[C@@H](N)C4)cc2-c2ccc(C#N)c(F)c2)c(F)c1. The fraction of sp³-hybridized carbons (Fsp3) is 0.321. The summed E-state index contributed by atoms with van der Waals surface area (Å²) in [5.41, 5.74) is 10.8. The van der Waals surface area contributed by atoms with Crippen molar-refractivity contribution in [1.82, 2.24) is 4.90 Å². The highest BCUT2D eigenvalue weighted by atomic mass is 19.1. The second-order valence-electron chi connectivity index (χ2n) is 9.42. The summed E-state index contributed by atoms with van der Waals surface area (Å²) in [5, 5.41) is 9.13. The van der Waals surface area contributed by atoms with Crippen LogP contribution in [-0.2, 0) is 0 Å². The normalized spacial score (nSPS) is 23.0. The van der Waals surface area contributed by atoms with Crippen LogP contribution >= 0.6 is 0 Å². The van der Waals surface area contributed by atoms with Crippen LogP contribution in [0.5, 0.6) is 0 Å². The van der Waals surface area contributed by atoms with E-state index in [1.165, 1.54) is 24.6 Å². The molecule has 3 aromatic rings. The van der Waals surface area contributed by atoms with Crippen LogP contribution in [0.3, 0.4) is 0 Å². The quantitative estimate of drug-likeness (QED) is 0.530. The van der Waals surface area contributed by atoms with Gasteiger partial charge in [-0.15, -0.1) is 0 Å². The Bertz CT molecular complexity index is 1260. The molecule has 4 atom stereocenters. The van der Waals surface area contributed by atoms with Gasteiger partial charge in [-0.1, -0.05) is 30.3 Å². The Morgan fingerprint density at radius 3 is 2.39 bits per heavy atom. The standard InChI is InChI=1S/C28H27F2N3/c1-16-3-8-23(26(30)11-16)22-9-6-18(17(2)33-21-7-10-28(33)27(32)14-21)12-24(22)19-4-5-20(15-31)25(29)13-19/h3-6,8-9,11-13,17,21,27-28H,7,10,14,32H2,1-2H3/t17?,21-,27+,28+/m1/s1. The number of benzene rings is 3.